The van der Waals surface area contributed by atoms with Crippen molar-refractivity contribution in [2.75, 3.05) is 13.2 Å². The summed E-state index contributed by atoms with van der Waals surface area (Å²) in [6.45, 7) is 4.84. The molecule has 0 N–H and O–H groups in total. The summed E-state index contributed by atoms with van der Waals surface area (Å²) in [5, 5.41) is 4.40. The van der Waals surface area contributed by atoms with E-state index in [0.29, 0.717) is 5.92 Å². The van der Waals surface area contributed by atoms with Crippen molar-refractivity contribution < 1.29 is 4.74 Å². The van der Waals surface area contributed by atoms with E-state index in [1.807, 2.05) is 0 Å². The zero-order chi connectivity index (χ0) is 9.97. The van der Waals surface area contributed by atoms with Crippen molar-refractivity contribution in [2.45, 2.75) is 32.2 Å². The number of nitrogens with zero attached hydrogens (tertiary/aromatic N) is 2. The van der Waals surface area contributed by atoms with E-state index in [1.54, 1.807) is 0 Å². The first-order valence-corrected chi connectivity index (χ1v) is 5.91. The van der Waals surface area contributed by atoms with Gasteiger partial charge in [0.05, 0.1) is 0 Å². The average Bonchev–Trinajstić information content (AvgIpc) is 2.61. The first-order chi connectivity index (χ1) is 6.81. The van der Waals surface area contributed by atoms with Crippen molar-refractivity contribution in [1.29, 1.82) is 0 Å². The molecule has 0 radical (unpaired) electrons. The molecule has 0 amide bonds. The number of ether oxygens (including phenoxy) is 1. The standard InChI is InChI=1S/C10H15BrN2O/c1-2-13-9(7-10(11)12-13)8-3-5-14-6-4-8/h7-8H,2-6H2,1H3. The fraction of sp³-hybridized carbons (Fsp3) is 0.700. The Bertz CT molecular complexity index is 305. The highest BCUT2D eigenvalue weighted by molar-refractivity contribution is 9.10. The van der Waals surface area contributed by atoms with E-state index in [0.717, 1.165) is 37.2 Å². The van der Waals surface area contributed by atoms with Crippen LogP contribution in [0.1, 0.15) is 31.4 Å². The highest BCUT2D eigenvalue weighted by atomic mass is 79.9. The lowest BCUT2D eigenvalue weighted by molar-refractivity contribution is 0.0835. The second-order valence-corrected chi connectivity index (χ2v) is 4.41. The molecule has 0 atom stereocenters. The molecule has 0 unspecified atom stereocenters. The van der Waals surface area contributed by atoms with Crippen molar-refractivity contribution in [3.63, 3.8) is 0 Å². The van der Waals surface area contributed by atoms with Crippen LogP contribution in [-0.2, 0) is 11.3 Å². The van der Waals surface area contributed by atoms with Gasteiger partial charge in [-0.05, 0) is 41.8 Å². The van der Waals surface area contributed by atoms with Crippen LogP contribution in [0, 0.1) is 0 Å². The summed E-state index contributed by atoms with van der Waals surface area (Å²) in [4.78, 5) is 0. The van der Waals surface area contributed by atoms with Crippen LogP contribution in [0.3, 0.4) is 0 Å². The highest BCUT2D eigenvalue weighted by Gasteiger charge is 2.20. The molecule has 0 aromatic carbocycles. The molecule has 2 rings (SSSR count). The highest BCUT2D eigenvalue weighted by Crippen LogP contribution is 2.28. The number of hydrogen-bond acceptors (Lipinski definition) is 2. The van der Waals surface area contributed by atoms with E-state index in [2.05, 4.69) is 38.7 Å². The summed E-state index contributed by atoms with van der Waals surface area (Å²) in [7, 11) is 0. The van der Waals surface area contributed by atoms with Crippen LogP contribution < -0.4 is 0 Å². The molecule has 1 aliphatic rings. The fourth-order valence-corrected chi connectivity index (χ4v) is 2.40. The van der Waals surface area contributed by atoms with E-state index in [1.165, 1.54) is 5.69 Å². The van der Waals surface area contributed by atoms with Crippen LogP contribution in [0.25, 0.3) is 0 Å². The molecule has 4 heteroatoms. The van der Waals surface area contributed by atoms with Gasteiger partial charge in [0.15, 0.2) is 0 Å². The van der Waals surface area contributed by atoms with Crippen molar-refractivity contribution in [2.24, 2.45) is 0 Å². The van der Waals surface area contributed by atoms with Crippen molar-refractivity contribution in [3.05, 3.63) is 16.4 Å². The molecule has 0 aliphatic carbocycles. The Morgan fingerprint density at radius 2 is 2.29 bits per heavy atom. The van der Waals surface area contributed by atoms with Gasteiger partial charge < -0.3 is 4.74 Å². The lowest BCUT2D eigenvalue weighted by Crippen LogP contribution is -2.17. The maximum absolute atomic E-state index is 5.36. The maximum Gasteiger partial charge on any atom is 0.128 e. The summed E-state index contributed by atoms with van der Waals surface area (Å²) in [6.07, 6.45) is 2.25. The molecule has 1 aliphatic heterocycles. The van der Waals surface area contributed by atoms with Crippen molar-refractivity contribution in [3.8, 4) is 0 Å². The quantitative estimate of drug-likeness (QED) is 0.816. The SMILES string of the molecule is CCn1nc(Br)cc1C1CCOCC1. The molecule has 1 fully saturated rings. The maximum atomic E-state index is 5.36. The van der Waals surface area contributed by atoms with E-state index >= 15 is 0 Å². The van der Waals surface area contributed by atoms with Crippen LogP contribution in [0.2, 0.25) is 0 Å². The first kappa shape index (κ1) is 10.2. The summed E-state index contributed by atoms with van der Waals surface area (Å²) in [5.41, 5.74) is 1.35. The Balaban J connectivity index is 2.20. The Labute approximate surface area is 92.6 Å². The second-order valence-electron chi connectivity index (χ2n) is 3.59. The van der Waals surface area contributed by atoms with Gasteiger partial charge in [0.1, 0.15) is 4.60 Å². The minimum atomic E-state index is 0.627. The van der Waals surface area contributed by atoms with Gasteiger partial charge >= 0.3 is 0 Å². The van der Waals surface area contributed by atoms with Crippen LogP contribution in [-0.4, -0.2) is 23.0 Å². The monoisotopic (exact) mass is 258 g/mol. The van der Waals surface area contributed by atoms with E-state index in [4.69, 9.17) is 4.74 Å². The Morgan fingerprint density at radius 1 is 1.57 bits per heavy atom. The third-order valence-corrected chi connectivity index (χ3v) is 3.11. The van der Waals surface area contributed by atoms with Crippen LogP contribution in [0.15, 0.2) is 10.7 Å². The predicted molar refractivity (Wildman–Crippen MR) is 58.4 cm³/mol. The van der Waals surface area contributed by atoms with Gasteiger partial charge in [0.2, 0.25) is 0 Å². The normalized spacial score (nSPS) is 18.7. The van der Waals surface area contributed by atoms with Gasteiger partial charge in [-0.15, -0.1) is 0 Å². The van der Waals surface area contributed by atoms with Crippen molar-refractivity contribution in [1.82, 2.24) is 9.78 Å². The Morgan fingerprint density at radius 3 is 2.93 bits per heavy atom. The molecule has 3 nitrogen and oxygen atoms in total. The fourth-order valence-electron chi connectivity index (χ4n) is 1.97. The van der Waals surface area contributed by atoms with Crippen LogP contribution >= 0.6 is 15.9 Å². The molecular formula is C10H15BrN2O. The summed E-state index contributed by atoms with van der Waals surface area (Å²) < 4.78 is 8.39. The van der Waals surface area contributed by atoms with Gasteiger partial charge in [-0.1, -0.05) is 0 Å². The molecule has 0 spiro atoms. The van der Waals surface area contributed by atoms with Crippen LogP contribution in [0.5, 0.6) is 0 Å². The zero-order valence-corrected chi connectivity index (χ0v) is 9.96. The minimum absolute atomic E-state index is 0.627. The molecule has 0 bridgehead atoms. The van der Waals surface area contributed by atoms with Gasteiger partial charge in [0, 0.05) is 31.4 Å². The summed E-state index contributed by atoms with van der Waals surface area (Å²) >= 11 is 3.43. The molecule has 14 heavy (non-hydrogen) atoms. The van der Waals surface area contributed by atoms with Crippen molar-refractivity contribution >= 4 is 15.9 Å². The van der Waals surface area contributed by atoms with Gasteiger partial charge in [-0.3, -0.25) is 4.68 Å². The molecule has 1 aromatic rings. The Kier molecular flexibility index (Phi) is 3.23. The number of aryl methyl sites for hydroxylation is 1. The lowest BCUT2D eigenvalue weighted by atomic mass is 9.96. The number of rotatable bonds is 2. The predicted octanol–water partition coefficient (Wildman–Crippen LogP) is 2.56. The summed E-state index contributed by atoms with van der Waals surface area (Å²) in [6, 6.07) is 2.14. The molecule has 2 heterocycles. The van der Waals surface area contributed by atoms with Crippen LogP contribution in [0.4, 0.5) is 0 Å². The summed E-state index contributed by atoms with van der Waals surface area (Å²) in [5.74, 6) is 0.627. The molecule has 1 aromatic heterocycles. The lowest BCUT2D eigenvalue weighted by Gasteiger charge is -2.22. The van der Waals surface area contributed by atoms with Gasteiger partial charge in [-0.25, -0.2) is 0 Å². The minimum Gasteiger partial charge on any atom is -0.381 e. The molecule has 78 valence electrons. The topological polar surface area (TPSA) is 27.1 Å². The smallest absolute Gasteiger partial charge is 0.128 e. The number of aromatic nitrogens is 2. The molecule has 1 saturated heterocycles. The number of hydrogen-bond donors (Lipinski definition) is 0. The van der Waals surface area contributed by atoms with Gasteiger partial charge in [-0.2, -0.15) is 5.10 Å². The third-order valence-electron chi connectivity index (χ3n) is 2.72. The number of halogens is 1. The largest absolute Gasteiger partial charge is 0.381 e. The molecular weight excluding hydrogens is 244 g/mol. The third kappa shape index (κ3) is 2.01. The van der Waals surface area contributed by atoms with Gasteiger partial charge in [0.25, 0.3) is 0 Å². The van der Waals surface area contributed by atoms with E-state index in [-0.39, 0.29) is 0 Å². The van der Waals surface area contributed by atoms with E-state index in [9.17, 15) is 0 Å². The first-order valence-electron chi connectivity index (χ1n) is 5.12. The Hall–Kier alpha value is -0.350. The molecule has 0 saturated carbocycles. The second kappa shape index (κ2) is 4.45. The van der Waals surface area contributed by atoms with E-state index < -0.39 is 0 Å². The average molecular weight is 259 g/mol. The zero-order valence-electron chi connectivity index (χ0n) is 8.37.